The Labute approximate surface area is 82.2 Å². The van der Waals surface area contributed by atoms with Crippen LogP contribution in [0.1, 0.15) is 18.6 Å². The Morgan fingerprint density at radius 2 is 2.36 bits per heavy atom. The predicted octanol–water partition coefficient (Wildman–Crippen LogP) is 1.39. The summed E-state index contributed by atoms with van der Waals surface area (Å²) >= 11 is 0. The average molecular weight is 192 g/mol. The van der Waals surface area contributed by atoms with Crippen molar-refractivity contribution in [3.05, 3.63) is 36.9 Å². The molecule has 0 amide bonds. The molecule has 5 heteroatoms. The van der Waals surface area contributed by atoms with E-state index in [0.717, 1.165) is 0 Å². The van der Waals surface area contributed by atoms with Gasteiger partial charge < -0.3 is 9.84 Å². The minimum absolute atomic E-state index is 0.467. The largest absolute Gasteiger partial charge is 0.348 e. The lowest BCUT2D eigenvalue weighted by atomic mass is 10.4. The Kier molecular flexibility index (Phi) is 3.17. The molecule has 0 unspecified atom stereocenters. The maximum Gasteiger partial charge on any atom is 0.223 e. The topological polar surface area (TPSA) is 63.3 Å². The van der Waals surface area contributed by atoms with Crippen molar-refractivity contribution in [1.82, 2.24) is 15.5 Å². The van der Waals surface area contributed by atoms with Crippen molar-refractivity contribution in [2.75, 3.05) is 0 Å². The van der Waals surface area contributed by atoms with Crippen molar-refractivity contribution in [1.29, 1.82) is 0 Å². The van der Waals surface area contributed by atoms with Gasteiger partial charge in [-0.1, -0.05) is 18.3 Å². The van der Waals surface area contributed by atoms with Gasteiger partial charge in [-0.3, -0.25) is 0 Å². The van der Waals surface area contributed by atoms with Crippen LogP contribution in [0.3, 0.4) is 0 Å². The second-order valence-corrected chi connectivity index (χ2v) is 2.63. The lowest BCUT2D eigenvalue weighted by Crippen LogP contribution is -2.05. The molecule has 0 atom stereocenters. The van der Waals surface area contributed by atoms with Gasteiger partial charge in [0.15, 0.2) is 0 Å². The summed E-state index contributed by atoms with van der Waals surface area (Å²) in [6.45, 7) is 10.7. The molecule has 0 aromatic carbocycles. The van der Waals surface area contributed by atoms with E-state index in [-0.39, 0.29) is 0 Å². The van der Waals surface area contributed by atoms with Gasteiger partial charge in [-0.2, -0.15) is 4.98 Å². The molecule has 5 nitrogen and oxygen atoms in total. The minimum Gasteiger partial charge on any atom is -0.348 e. The van der Waals surface area contributed by atoms with Gasteiger partial charge in [-0.25, -0.2) is 4.99 Å². The monoisotopic (exact) mass is 192 g/mol. The van der Waals surface area contributed by atoms with Crippen LogP contribution in [-0.4, -0.2) is 15.9 Å². The van der Waals surface area contributed by atoms with Gasteiger partial charge in [-0.15, -0.1) is 0 Å². The summed E-state index contributed by atoms with van der Waals surface area (Å²) in [5.41, 5.74) is 0.640. The molecule has 0 fully saturated rings. The van der Waals surface area contributed by atoms with Crippen molar-refractivity contribution < 1.29 is 4.52 Å². The van der Waals surface area contributed by atoms with E-state index >= 15 is 0 Å². The van der Waals surface area contributed by atoms with Crippen LogP contribution in [0, 0.1) is 6.92 Å². The maximum atomic E-state index is 4.81. The summed E-state index contributed by atoms with van der Waals surface area (Å²) in [6.07, 6.45) is 1.50. The van der Waals surface area contributed by atoms with Gasteiger partial charge in [0, 0.05) is 6.92 Å². The molecule has 0 aliphatic rings. The number of aromatic nitrogens is 2. The van der Waals surface area contributed by atoms with Gasteiger partial charge in [0.25, 0.3) is 0 Å². The first kappa shape index (κ1) is 10.2. The summed E-state index contributed by atoms with van der Waals surface area (Å²) < 4.78 is 4.81. The number of rotatable bonds is 4. The van der Waals surface area contributed by atoms with E-state index in [1.54, 1.807) is 13.8 Å². The normalized spacial score (nSPS) is 11.1. The highest BCUT2D eigenvalue weighted by Crippen LogP contribution is 1.99. The van der Waals surface area contributed by atoms with Gasteiger partial charge in [0.05, 0.1) is 5.71 Å². The number of hydrogen-bond donors (Lipinski definition) is 1. The van der Waals surface area contributed by atoms with Crippen LogP contribution in [0.15, 0.2) is 34.7 Å². The van der Waals surface area contributed by atoms with Gasteiger partial charge in [0.2, 0.25) is 11.7 Å². The zero-order valence-corrected chi connectivity index (χ0v) is 8.24. The molecule has 1 aromatic rings. The number of aryl methyl sites for hydroxylation is 1. The number of nitrogens with one attached hydrogen (secondary N) is 1. The summed E-state index contributed by atoms with van der Waals surface area (Å²) in [5, 5.41) is 6.47. The van der Waals surface area contributed by atoms with E-state index in [0.29, 0.717) is 23.2 Å². The van der Waals surface area contributed by atoms with Crippen molar-refractivity contribution in [3.8, 4) is 0 Å². The summed E-state index contributed by atoms with van der Waals surface area (Å²) in [6, 6.07) is 0. The Morgan fingerprint density at radius 1 is 1.64 bits per heavy atom. The molecule has 1 rings (SSSR count). The Hall–Kier alpha value is -1.91. The van der Waals surface area contributed by atoms with Crippen molar-refractivity contribution in [2.45, 2.75) is 13.8 Å². The van der Waals surface area contributed by atoms with Crippen LogP contribution in [0.25, 0.3) is 0 Å². The molecule has 1 aromatic heterocycles. The molecule has 0 spiro atoms. The third-order valence-electron chi connectivity index (χ3n) is 1.42. The summed E-state index contributed by atoms with van der Waals surface area (Å²) in [5.74, 6) is 1.46. The number of aliphatic imine (C=N–C) groups is 1. The molecule has 1 heterocycles. The maximum absolute atomic E-state index is 4.81. The lowest BCUT2D eigenvalue weighted by molar-refractivity contribution is 0.392. The quantitative estimate of drug-likeness (QED) is 0.732. The Morgan fingerprint density at radius 3 is 2.86 bits per heavy atom. The predicted molar refractivity (Wildman–Crippen MR) is 53.7 cm³/mol. The molecule has 0 aliphatic carbocycles. The molecule has 0 saturated heterocycles. The number of nitrogens with zero attached hydrogens (tertiary/aromatic N) is 3. The summed E-state index contributed by atoms with van der Waals surface area (Å²) in [4.78, 5) is 8.13. The van der Waals surface area contributed by atoms with E-state index in [2.05, 4.69) is 33.6 Å². The number of hydrogen-bond acceptors (Lipinski definition) is 5. The SMILES string of the molecule is C=CNC(=C)/N=C(\C)c1noc(C)n1. The molecule has 0 radical (unpaired) electrons. The van der Waals surface area contributed by atoms with Gasteiger partial charge >= 0.3 is 0 Å². The summed E-state index contributed by atoms with van der Waals surface area (Å²) in [7, 11) is 0. The standard InChI is InChI=1S/C9H12N4O/c1-5-10-7(3)11-6(2)9-12-8(4)14-13-9/h5,10H,1,3H2,2,4H3/b11-6+. The van der Waals surface area contributed by atoms with E-state index in [1.807, 2.05) is 0 Å². The van der Waals surface area contributed by atoms with Crippen LogP contribution < -0.4 is 5.32 Å². The fraction of sp³-hybridized carbons (Fsp3) is 0.222. The smallest absolute Gasteiger partial charge is 0.223 e. The van der Waals surface area contributed by atoms with Crippen LogP contribution in [-0.2, 0) is 0 Å². The molecular formula is C9H12N4O. The van der Waals surface area contributed by atoms with Gasteiger partial charge in [0.1, 0.15) is 5.82 Å². The van der Waals surface area contributed by atoms with Crippen molar-refractivity contribution >= 4 is 5.71 Å². The molecule has 0 bridgehead atoms. The Bertz CT molecular complexity index is 378. The fourth-order valence-corrected chi connectivity index (χ4v) is 0.849. The first-order chi connectivity index (χ1) is 6.63. The van der Waals surface area contributed by atoms with E-state index in [4.69, 9.17) is 4.52 Å². The van der Waals surface area contributed by atoms with E-state index < -0.39 is 0 Å². The molecule has 1 N–H and O–H groups in total. The lowest BCUT2D eigenvalue weighted by Gasteiger charge is -1.98. The van der Waals surface area contributed by atoms with E-state index in [9.17, 15) is 0 Å². The third kappa shape index (κ3) is 2.55. The van der Waals surface area contributed by atoms with Crippen molar-refractivity contribution in [2.24, 2.45) is 4.99 Å². The highest BCUT2D eigenvalue weighted by atomic mass is 16.5. The fourth-order valence-electron chi connectivity index (χ4n) is 0.849. The van der Waals surface area contributed by atoms with Crippen LogP contribution in [0.2, 0.25) is 0 Å². The van der Waals surface area contributed by atoms with E-state index in [1.165, 1.54) is 6.20 Å². The molecule has 14 heavy (non-hydrogen) atoms. The third-order valence-corrected chi connectivity index (χ3v) is 1.42. The van der Waals surface area contributed by atoms with Crippen LogP contribution in [0.5, 0.6) is 0 Å². The second kappa shape index (κ2) is 4.36. The second-order valence-electron chi connectivity index (χ2n) is 2.63. The average Bonchev–Trinajstić information content (AvgIpc) is 2.52. The van der Waals surface area contributed by atoms with Crippen LogP contribution in [0.4, 0.5) is 0 Å². The molecule has 0 saturated carbocycles. The molecular weight excluding hydrogens is 180 g/mol. The first-order valence-electron chi connectivity index (χ1n) is 4.06. The van der Waals surface area contributed by atoms with Crippen LogP contribution >= 0.6 is 0 Å². The molecule has 0 aliphatic heterocycles. The first-order valence-corrected chi connectivity index (χ1v) is 4.06. The van der Waals surface area contributed by atoms with Gasteiger partial charge in [-0.05, 0) is 13.1 Å². The molecule has 74 valence electrons. The minimum atomic E-state index is 0.467. The highest BCUT2D eigenvalue weighted by Gasteiger charge is 2.05. The van der Waals surface area contributed by atoms with Crippen molar-refractivity contribution in [3.63, 3.8) is 0 Å². The highest BCUT2D eigenvalue weighted by molar-refractivity contribution is 5.95. The zero-order valence-electron chi connectivity index (χ0n) is 8.24. The Balaban J connectivity index is 2.78. The zero-order chi connectivity index (χ0) is 10.6.